The molecule has 0 saturated heterocycles. The predicted molar refractivity (Wildman–Crippen MR) is 90.8 cm³/mol. The number of fused-ring (bicyclic) bond motifs is 1. The lowest BCUT2D eigenvalue weighted by Gasteiger charge is -2.16. The van der Waals surface area contributed by atoms with Crippen molar-refractivity contribution in [3.63, 3.8) is 0 Å². The van der Waals surface area contributed by atoms with Crippen LogP contribution in [0.3, 0.4) is 0 Å². The maximum Gasteiger partial charge on any atom is 0.408 e. The minimum atomic E-state index is -4.59. The summed E-state index contributed by atoms with van der Waals surface area (Å²) in [6.45, 7) is 2.48. The van der Waals surface area contributed by atoms with Crippen LogP contribution in [-0.4, -0.2) is 32.7 Å². The standard InChI is InChI=1S/C18H13F4N5O/c1-9-5-15(13-4-3-12(19)6-11(13)7-23)26-16-14(8-24-27(9)16)17(28)25-10(2)18(20,21)22/h3-6,8,10H,1-2H3,(H,25,28)/t10-/m1/s1. The number of nitriles is 1. The van der Waals surface area contributed by atoms with Gasteiger partial charge in [-0.15, -0.1) is 0 Å². The molecule has 28 heavy (non-hydrogen) atoms. The number of alkyl halides is 3. The van der Waals surface area contributed by atoms with E-state index in [2.05, 4.69) is 10.1 Å². The van der Waals surface area contributed by atoms with Gasteiger partial charge in [-0.25, -0.2) is 13.9 Å². The van der Waals surface area contributed by atoms with Gasteiger partial charge < -0.3 is 5.32 Å². The van der Waals surface area contributed by atoms with Crippen LogP contribution in [0, 0.1) is 24.1 Å². The second kappa shape index (κ2) is 6.92. The van der Waals surface area contributed by atoms with Crippen LogP contribution in [0.2, 0.25) is 0 Å². The highest BCUT2D eigenvalue weighted by molar-refractivity contribution is 6.00. The molecule has 2 heterocycles. The maximum atomic E-state index is 13.4. The van der Waals surface area contributed by atoms with E-state index < -0.39 is 23.9 Å². The summed E-state index contributed by atoms with van der Waals surface area (Å²) in [5.74, 6) is -1.58. The van der Waals surface area contributed by atoms with Crippen LogP contribution < -0.4 is 5.32 Å². The molecule has 1 amide bonds. The van der Waals surface area contributed by atoms with E-state index in [1.165, 1.54) is 10.6 Å². The smallest absolute Gasteiger partial charge is 0.340 e. The monoisotopic (exact) mass is 391 g/mol. The zero-order valence-electron chi connectivity index (χ0n) is 14.7. The number of halogens is 4. The van der Waals surface area contributed by atoms with Gasteiger partial charge in [-0.2, -0.15) is 23.5 Å². The van der Waals surface area contributed by atoms with Crippen LogP contribution in [0.5, 0.6) is 0 Å². The van der Waals surface area contributed by atoms with Crippen LogP contribution in [0.1, 0.15) is 28.5 Å². The predicted octanol–water partition coefficient (Wildman–Crippen LogP) is 3.40. The van der Waals surface area contributed by atoms with Crippen molar-refractivity contribution in [3.05, 3.63) is 53.1 Å². The molecule has 1 aromatic carbocycles. The maximum absolute atomic E-state index is 13.4. The molecule has 0 fully saturated rings. The van der Waals surface area contributed by atoms with Crippen molar-refractivity contribution in [2.75, 3.05) is 0 Å². The molecule has 144 valence electrons. The summed E-state index contributed by atoms with van der Waals surface area (Å²) in [6, 6.07) is 4.97. The molecule has 1 atom stereocenters. The summed E-state index contributed by atoms with van der Waals surface area (Å²) in [5, 5.41) is 15.1. The van der Waals surface area contributed by atoms with Crippen molar-refractivity contribution in [1.82, 2.24) is 19.9 Å². The lowest BCUT2D eigenvalue weighted by molar-refractivity contribution is -0.149. The van der Waals surface area contributed by atoms with Gasteiger partial charge in [0.1, 0.15) is 17.4 Å². The van der Waals surface area contributed by atoms with Gasteiger partial charge in [0.25, 0.3) is 5.91 Å². The Hall–Kier alpha value is -3.48. The number of hydrogen-bond donors (Lipinski definition) is 1. The van der Waals surface area contributed by atoms with Crippen LogP contribution in [-0.2, 0) is 0 Å². The fourth-order valence-corrected chi connectivity index (χ4v) is 2.60. The molecule has 2 aromatic heterocycles. The SMILES string of the molecule is Cc1cc(-c2ccc(F)cc2C#N)nc2c(C(=O)N[C@H](C)C(F)(F)F)cnn12. The van der Waals surface area contributed by atoms with Gasteiger partial charge in [0.15, 0.2) is 5.65 Å². The van der Waals surface area contributed by atoms with Gasteiger partial charge in [-0.1, -0.05) is 0 Å². The van der Waals surface area contributed by atoms with Crippen molar-refractivity contribution in [2.24, 2.45) is 0 Å². The van der Waals surface area contributed by atoms with Gasteiger partial charge in [0, 0.05) is 11.3 Å². The zero-order valence-corrected chi connectivity index (χ0v) is 14.7. The molecule has 0 spiro atoms. The Labute approximate surface area is 156 Å². The van der Waals surface area contributed by atoms with E-state index in [0.29, 0.717) is 11.3 Å². The highest BCUT2D eigenvalue weighted by Crippen LogP contribution is 2.25. The van der Waals surface area contributed by atoms with Gasteiger partial charge >= 0.3 is 6.18 Å². The molecule has 3 aromatic rings. The lowest BCUT2D eigenvalue weighted by atomic mass is 10.0. The Morgan fingerprint density at radius 1 is 1.32 bits per heavy atom. The third kappa shape index (κ3) is 3.51. The van der Waals surface area contributed by atoms with Gasteiger partial charge in [0.05, 0.1) is 23.5 Å². The topological polar surface area (TPSA) is 83.1 Å². The Bertz CT molecular complexity index is 1110. The number of rotatable bonds is 3. The number of carbonyl (C=O) groups is 1. The van der Waals surface area contributed by atoms with Crippen molar-refractivity contribution < 1.29 is 22.4 Å². The van der Waals surface area contributed by atoms with E-state index in [0.717, 1.165) is 25.3 Å². The first-order chi connectivity index (χ1) is 13.1. The highest BCUT2D eigenvalue weighted by Gasteiger charge is 2.37. The van der Waals surface area contributed by atoms with Crippen LogP contribution >= 0.6 is 0 Å². The summed E-state index contributed by atoms with van der Waals surface area (Å²) < 4.78 is 52.8. The molecular weight excluding hydrogens is 378 g/mol. The summed E-state index contributed by atoms with van der Waals surface area (Å²) in [4.78, 5) is 16.6. The van der Waals surface area contributed by atoms with Crippen molar-refractivity contribution >= 4 is 11.6 Å². The second-order valence-corrected chi connectivity index (χ2v) is 6.11. The molecule has 0 aliphatic heterocycles. The van der Waals surface area contributed by atoms with Crippen LogP contribution in [0.25, 0.3) is 16.9 Å². The fourth-order valence-electron chi connectivity index (χ4n) is 2.60. The van der Waals surface area contributed by atoms with Crippen LogP contribution in [0.15, 0.2) is 30.5 Å². The number of nitrogens with zero attached hydrogens (tertiary/aromatic N) is 4. The Kier molecular flexibility index (Phi) is 4.77. The number of nitrogens with one attached hydrogen (secondary N) is 1. The fraction of sp³-hybridized carbons (Fsp3) is 0.222. The number of hydrogen-bond acceptors (Lipinski definition) is 4. The summed E-state index contributed by atoms with van der Waals surface area (Å²) in [6.07, 6.45) is -3.48. The van der Waals surface area contributed by atoms with Gasteiger partial charge in [-0.3, -0.25) is 4.79 Å². The Morgan fingerprint density at radius 2 is 2.04 bits per heavy atom. The molecule has 10 heteroatoms. The molecule has 0 unspecified atom stereocenters. The molecule has 1 N–H and O–H groups in total. The summed E-state index contributed by atoms with van der Waals surface area (Å²) in [7, 11) is 0. The largest absolute Gasteiger partial charge is 0.408 e. The lowest BCUT2D eigenvalue weighted by Crippen LogP contribution is -2.43. The third-order valence-corrected chi connectivity index (χ3v) is 4.11. The second-order valence-electron chi connectivity index (χ2n) is 6.11. The van der Waals surface area contributed by atoms with E-state index in [9.17, 15) is 27.6 Å². The van der Waals surface area contributed by atoms with E-state index in [1.54, 1.807) is 13.0 Å². The molecule has 3 rings (SSSR count). The average Bonchev–Trinajstić information content (AvgIpc) is 3.05. The number of amides is 1. The van der Waals surface area contributed by atoms with Crippen LogP contribution in [0.4, 0.5) is 17.6 Å². The molecular formula is C18H13F4N5O. The van der Waals surface area contributed by atoms with Gasteiger partial charge in [0.2, 0.25) is 0 Å². The van der Waals surface area contributed by atoms with E-state index in [1.807, 2.05) is 11.4 Å². The van der Waals surface area contributed by atoms with Crippen molar-refractivity contribution in [3.8, 4) is 17.3 Å². The Balaban J connectivity index is 2.10. The summed E-state index contributed by atoms with van der Waals surface area (Å²) >= 11 is 0. The molecule has 0 aliphatic rings. The van der Waals surface area contributed by atoms with E-state index >= 15 is 0 Å². The molecule has 0 radical (unpaired) electrons. The normalized spacial score (nSPS) is 12.6. The van der Waals surface area contributed by atoms with Crippen molar-refractivity contribution in [1.29, 1.82) is 5.26 Å². The molecule has 0 bridgehead atoms. The average molecular weight is 391 g/mol. The molecule has 6 nitrogen and oxygen atoms in total. The highest BCUT2D eigenvalue weighted by atomic mass is 19.4. The number of aryl methyl sites for hydroxylation is 1. The number of carbonyl (C=O) groups excluding carboxylic acids is 1. The molecule has 0 saturated carbocycles. The third-order valence-electron chi connectivity index (χ3n) is 4.11. The summed E-state index contributed by atoms with van der Waals surface area (Å²) in [5.41, 5.74) is 1.02. The Morgan fingerprint density at radius 3 is 2.68 bits per heavy atom. The minimum absolute atomic E-state index is 0.0232. The van der Waals surface area contributed by atoms with Crippen molar-refractivity contribution in [2.45, 2.75) is 26.1 Å². The van der Waals surface area contributed by atoms with Gasteiger partial charge in [-0.05, 0) is 38.1 Å². The zero-order chi connectivity index (χ0) is 20.6. The quantitative estimate of drug-likeness (QED) is 0.694. The van der Waals surface area contributed by atoms with E-state index in [4.69, 9.17) is 0 Å². The molecule has 0 aliphatic carbocycles. The first kappa shape index (κ1) is 19.3. The number of aromatic nitrogens is 3. The first-order valence-corrected chi connectivity index (χ1v) is 8.05. The minimum Gasteiger partial charge on any atom is -0.340 e. The first-order valence-electron chi connectivity index (χ1n) is 8.05. The van der Waals surface area contributed by atoms with E-state index in [-0.39, 0.29) is 22.5 Å². The number of benzene rings is 1.